The molecule has 68 valence electrons. The Kier molecular flexibility index (Phi) is 6.57. The SMILES string of the molecule is CCOCC(Br)CC(Cl)(Cl)Cl. The molecule has 0 amide bonds. The molecule has 0 saturated heterocycles. The van der Waals surface area contributed by atoms with Gasteiger partial charge in [0.15, 0.2) is 3.79 Å². The van der Waals surface area contributed by atoms with Crippen LogP contribution in [0.5, 0.6) is 0 Å². The van der Waals surface area contributed by atoms with E-state index in [-0.39, 0.29) is 4.83 Å². The van der Waals surface area contributed by atoms with Gasteiger partial charge in [-0.15, -0.1) is 0 Å². The van der Waals surface area contributed by atoms with Crippen molar-refractivity contribution >= 4 is 50.7 Å². The van der Waals surface area contributed by atoms with Crippen molar-refractivity contribution in [1.82, 2.24) is 0 Å². The van der Waals surface area contributed by atoms with Crippen LogP contribution in [-0.4, -0.2) is 21.8 Å². The predicted molar refractivity (Wildman–Crippen MR) is 54.1 cm³/mol. The van der Waals surface area contributed by atoms with E-state index in [0.29, 0.717) is 19.6 Å². The summed E-state index contributed by atoms with van der Waals surface area (Å²) in [6, 6.07) is 0. The van der Waals surface area contributed by atoms with Gasteiger partial charge < -0.3 is 4.74 Å². The molecule has 0 N–H and O–H groups in total. The van der Waals surface area contributed by atoms with E-state index in [1.54, 1.807) is 0 Å². The molecule has 0 aromatic carbocycles. The van der Waals surface area contributed by atoms with Gasteiger partial charge in [0.05, 0.1) is 6.61 Å². The van der Waals surface area contributed by atoms with E-state index in [9.17, 15) is 0 Å². The summed E-state index contributed by atoms with van der Waals surface area (Å²) in [4.78, 5) is 0.106. The highest BCUT2D eigenvalue weighted by atomic mass is 79.9. The van der Waals surface area contributed by atoms with Gasteiger partial charge in [0.1, 0.15) is 0 Å². The number of hydrogen-bond donors (Lipinski definition) is 0. The molecular formula is C6H10BrCl3O. The standard InChI is InChI=1S/C6H10BrCl3O/c1-2-11-4-5(7)3-6(8,9)10/h5H,2-4H2,1H3. The largest absolute Gasteiger partial charge is 0.381 e. The third-order valence-corrected chi connectivity index (χ3v) is 2.01. The van der Waals surface area contributed by atoms with Gasteiger partial charge >= 0.3 is 0 Å². The fourth-order valence-corrected chi connectivity index (χ4v) is 2.35. The number of hydrogen-bond acceptors (Lipinski definition) is 1. The van der Waals surface area contributed by atoms with Crippen LogP contribution >= 0.6 is 50.7 Å². The van der Waals surface area contributed by atoms with Gasteiger partial charge in [-0.25, -0.2) is 0 Å². The minimum absolute atomic E-state index is 0.106. The van der Waals surface area contributed by atoms with Gasteiger partial charge in [0.25, 0.3) is 0 Å². The first-order valence-corrected chi connectivity index (χ1v) is 5.29. The van der Waals surface area contributed by atoms with Crippen LogP contribution in [0.3, 0.4) is 0 Å². The van der Waals surface area contributed by atoms with Crippen LogP contribution in [0, 0.1) is 0 Å². The van der Waals surface area contributed by atoms with E-state index in [1.807, 2.05) is 6.92 Å². The lowest BCUT2D eigenvalue weighted by molar-refractivity contribution is 0.148. The van der Waals surface area contributed by atoms with E-state index >= 15 is 0 Å². The highest BCUT2D eigenvalue weighted by molar-refractivity contribution is 9.09. The van der Waals surface area contributed by atoms with Crippen molar-refractivity contribution in [2.45, 2.75) is 22.0 Å². The lowest BCUT2D eigenvalue weighted by Gasteiger charge is -2.15. The van der Waals surface area contributed by atoms with Gasteiger partial charge in [0, 0.05) is 17.9 Å². The molecule has 0 aromatic rings. The van der Waals surface area contributed by atoms with Crippen LogP contribution in [-0.2, 0) is 4.74 Å². The van der Waals surface area contributed by atoms with E-state index in [1.165, 1.54) is 0 Å². The first kappa shape index (κ1) is 12.3. The molecule has 0 rings (SSSR count). The monoisotopic (exact) mass is 282 g/mol. The molecule has 0 saturated carbocycles. The van der Waals surface area contributed by atoms with Crippen LogP contribution in [0.1, 0.15) is 13.3 Å². The Morgan fingerprint density at radius 1 is 1.45 bits per heavy atom. The Morgan fingerprint density at radius 3 is 2.36 bits per heavy atom. The minimum atomic E-state index is -1.19. The Balaban J connectivity index is 3.44. The maximum Gasteiger partial charge on any atom is 0.191 e. The van der Waals surface area contributed by atoms with Crippen LogP contribution in [0.4, 0.5) is 0 Å². The lowest BCUT2D eigenvalue weighted by Crippen LogP contribution is -2.16. The van der Waals surface area contributed by atoms with E-state index in [2.05, 4.69) is 15.9 Å². The second kappa shape index (κ2) is 5.87. The molecule has 1 unspecified atom stereocenters. The highest BCUT2D eigenvalue weighted by Gasteiger charge is 2.23. The zero-order valence-electron chi connectivity index (χ0n) is 6.12. The molecule has 0 heterocycles. The van der Waals surface area contributed by atoms with Crippen molar-refractivity contribution in [3.63, 3.8) is 0 Å². The summed E-state index contributed by atoms with van der Waals surface area (Å²) >= 11 is 20.0. The quantitative estimate of drug-likeness (QED) is 0.717. The zero-order chi connectivity index (χ0) is 8.91. The molecule has 0 fully saturated rings. The molecule has 0 aromatic heterocycles. The van der Waals surface area contributed by atoms with Crippen LogP contribution in [0.25, 0.3) is 0 Å². The van der Waals surface area contributed by atoms with E-state index in [0.717, 1.165) is 0 Å². The van der Waals surface area contributed by atoms with Gasteiger partial charge in [0.2, 0.25) is 0 Å². The Labute approximate surface area is 90.5 Å². The first-order chi connectivity index (χ1) is 4.95. The fourth-order valence-electron chi connectivity index (χ4n) is 0.556. The van der Waals surface area contributed by atoms with E-state index in [4.69, 9.17) is 39.5 Å². The first-order valence-electron chi connectivity index (χ1n) is 3.24. The minimum Gasteiger partial charge on any atom is -0.381 e. The molecule has 0 aliphatic rings. The van der Waals surface area contributed by atoms with Gasteiger partial charge in [-0.1, -0.05) is 50.7 Å². The Morgan fingerprint density at radius 2 is 2.00 bits per heavy atom. The summed E-state index contributed by atoms with van der Waals surface area (Å²) in [5.74, 6) is 0. The molecule has 0 radical (unpaired) electrons. The van der Waals surface area contributed by atoms with E-state index < -0.39 is 3.79 Å². The normalized spacial score (nSPS) is 15.0. The molecule has 0 aliphatic heterocycles. The van der Waals surface area contributed by atoms with Gasteiger partial charge in [-0.3, -0.25) is 0 Å². The smallest absolute Gasteiger partial charge is 0.191 e. The number of alkyl halides is 4. The van der Waals surface area contributed by atoms with Crippen molar-refractivity contribution in [3.05, 3.63) is 0 Å². The molecule has 5 heteroatoms. The summed E-state index contributed by atoms with van der Waals surface area (Å²) in [6.45, 7) is 3.18. The second-order valence-corrected chi connectivity index (χ2v) is 5.89. The van der Waals surface area contributed by atoms with Crippen molar-refractivity contribution in [3.8, 4) is 0 Å². The summed E-state index contributed by atoms with van der Waals surface area (Å²) in [6.07, 6.45) is 0.456. The van der Waals surface area contributed by atoms with Crippen LogP contribution in [0.2, 0.25) is 0 Å². The lowest BCUT2D eigenvalue weighted by atomic mass is 10.3. The summed E-state index contributed by atoms with van der Waals surface area (Å²) in [7, 11) is 0. The summed E-state index contributed by atoms with van der Waals surface area (Å²) in [5, 5.41) is 0. The predicted octanol–water partition coefficient (Wildman–Crippen LogP) is 3.55. The third kappa shape index (κ3) is 9.22. The fraction of sp³-hybridized carbons (Fsp3) is 1.00. The van der Waals surface area contributed by atoms with Crippen LogP contribution < -0.4 is 0 Å². The molecule has 0 spiro atoms. The summed E-state index contributed by atoms with van der Waals surface area (Å²) < 4.78 is 3.93. The average molecular weight is 284 g/mol. The number of halogens is 4. The molecule has 0 aliphatic carbocycles. The molecule has 11 heavy (non-hydrogen) atoms. The second-order valence-electron chi connectivity index (χ2n) is 2.08. The van der Waals surface area contributed by atoms with Crippen molar-refractivity contribution in [1.29, 1.82) is 0 Å². The van der Waals surface area contributed by atoms with Gasteiger partial charge in [-0.2, -0.15) is 0 Å². The van der Waals surface area contributed by atoms with Crippen LogP contribution in [0.15, 0.2) is 0 Å². The molecule has 1 nitrogen and oxygen atoms in total. The topological polar surface area (TPSA) is 9.23 Å². The van der Waals surface area contributed by atoms with Crippen molar-refractivity contribution in [2.75, 3.05) is 13.2 Å². The van der Waals surface area contributed by atoms with Crippen molar-refractivity contribution < 1.29 is 4.74 Å². The highest BCUT2D eigenvalue weighted by Crippen LogP contribution is 2.33. The zero-order valence-corrected chi connectivity index (χ0v) is 9.97. The van der Waals surface area contributed by atoms with Crippen molar-refractivity contribution in [2.24, 2.45) is 0 Å². The number of ether oxygens (including phenoxy) is 1. The maximum absolute atomic E-state index is 5.55. The molecule has 0 bridgehead atoms. The number of rotatable bonds is 4. The maximum atomic E-state index is 5.55. The molecule has 1 atom stereocenters. The van der Waals surface area contributed by atoms with Gasteiger partial charge in [-0.05, 0) is 6.92 Å². The summed E-state index contributed by atoms with van der Waals surface area (Å²) in [5.41, 5.74) is 0. The Bertz CT molecular complexity index is 104. The third-order valence-electron chi connectivity index (χ3n) is 0.956. The molecular weight excluding hydrogens is 274 g/mol. The Hall–Kier alpha value is 1.31. The average Bonchev–Trinajstić information content (AvgIpc) is 1.79.